The highest BCUT2D eigenvalue weighted by Crippen LogP contribution is 2.30. The van der Waals surface area contributed by atoms with Gasteiger partial charge >= 0.3 is 6.18 Å². The quantitative estimate of drug-likeness (QED) is 0.528. The number of nitrogens with zero attached hydrogens (tertiary/aromatic N) is 3. The Balaban J connectivity index is 1.43. The van der Waals surface area contributed by atoms with Crippen LogP contribution >= 0.6 is 11.6 Å². The Morgan fingerprint density at radius 2 is 1.91 bits per heavy atom. The number of pyridine rings is 1. The van der Waals surface area contributed by atoms with E-state index in [1.54, 1.807) is 12.1 Å². The number of rotatable bonds is 4. The molecule has 34 heavy (non-hydrogen) atoms. The van der Waals surface area contributed by atoms with Gasteiger partial charge < -0.3 is 5.32 Å². The second-order valence-corrected chi connectivity index (χ2v) is 10.5. The lowest BCUT2D eigenvalue weighted by molar-refractivity contribution is -0.140. The van der Waals surface area contributed by atoms with Crippen molar-refractivity contribution in [1.29, 1.82) is 0 Å². The number of imidazole rings is 1. The first-order valence-corrected chi connectivity index (χ1v) is 12.6. The van der Waals surface area contributed by atoms with Gasteiger partial charge in [0.1, 0.15) is 11.5 Å². The first-order valence-electron chi connectivity index (χ1n) is 10.3. The summed E-state index contributed by atoms with van der Waals surface area (Å²) in [5, 5.41) is 3.27. The normalized spacial score (nSPS) is 17.1. The van der Waals surface area contributed by atoms with Crippen molar-refractivity contribution in [3.63, 3.8) is 0 Å². The maximum atomic E-state index is 13.0. The molecule has 1 aromatic carbocycles. The number of anilines is 1. The number of sulfone groups is 1. The van der Waals surface area contributed by atoms with E-state index in [1.165, 1.54) is 28.7 Å². The van der Waals surface area contributed by atoms with Crippen LogP contribution in [0.3, 0.4) is 0 Å². The van der Waals surface area contributed by atoms with Gasteiger partial charge in [-0.25, -0.2) is 18.4 Å². The molecule has 1 amide bonds. The van der Waals surface area contributed by atoms with Crippen molar-refractivity contribution in [3.8, 4) is 0 Å². The number of aromatic nitrogens is 2. The predicted octanol–water partition coefficient (Wildman–Crippen LogP) is 5.05. The molecule has 1 fully saturated rings. The SMILES string of the molecule is CS(=O)(=O)c1ccc(C(=O)N=C2CCC(Nc3cccc4nc(C(F)(F)F)cn34)CC2)c(Cl)c1. The number of fused-ring (bicyclic) bond motifs is 1. The highest BCUT2D eigenvalue weighted by Gasteiger charge is 2.34. The predicted molar refractivity (Wildman–Crippen MR) is 122 cm³/mol. The lowest BCUT2D eigenvalue weighted by Crippen LogP contribution is -2.27. The third kappa shape index (κ3) is 5.25. The van der Waals surface area contributed by atoms with Crippen molar-refractivity contribution in [2.24, 2.45) is 4.99 Å². The molecule has 0 unspecified atom stereocenters. The fourth-order valence-corrected chi connectivity index (χ4v) is 4.76. The molecular formula is C22H20ClF3N4O3S. The van der Waals surface area contributed by atoms with Crippen LogP contribution in [0.4, 0.5) is 19.0 Å². The molecule has 0 aliphatic heterocycles. The molecule has 2 heterocycles. The van der Waals surface area contributed by atoms with Crippen molar-refractivity contribution in [2.45, 2.75) is 42.8 Å². The van der Waals surface area contributed by atoms with E-state index in [4.69, 9.17) is 11.6 Å². The average molecular weight is 513 g/mol. The summed E-state index contributed by atoms with van der Waals surface area (Å²) in [5.41, 5.74) is 0.0434. The van der Waals surface area contributed by atoms with Crippen LogP contribution in [0.25, 0.3) is 5.65 Å². The number of alkyl halides is 3. The van der Waals surface area contributed by atoms with Gasteiger partial charge in [0.15, 0.2) is 15.5 Å². The van der Waals surface area contributed by atoms with Gasteiger partial charge in [-0.05, 0) is 56.0 Å². The molecule has 12 heteroatoms. The van der Waals surface area contributed by atoms with Crippen LogP contribution in [0.5, 0.6) is 0 Å². The molecule has 0 atom stereocenters. The van der Waals surface area contributed by atoms with Gasteiger partial charge in [-0.1, -0.05) is 17.7 Å². The first-order chi connectivity index (χ1) is 15.9. The molecule has 0 radical (unpaired) electrons. The molecule has 2 aromatic heterocycles. The average Bonchev–Trinajstić information content (AvgIpc) is 3.20. The van der Waals surface area contributed by atoms with Crippen molar-refractivity contribution >= 4 is 44.5 Å². The number of carbonyl (C=O) groups is 1. The number of hydrogen-bond donors (Lipinski definition) is 1. The maximum Gasteiger partial charge on any atom is 0.434 e. The van der Waals surface area contributed by atoms with E-state index in [1.807, 2.05) is 0 Å². The summed E-state index contributed by atoms with van der Waals surface area (Å²) in [4.78, 5) is 20.4. The van der Waals surface area contributed by atoms with Crippen molar-refractivity contribution < 1.29 is 26.4 Å². The van der Waals surface area contributed by atoms with Gasteiger partial charge in [-0.15, -0.1) is 0 Å². The van der Waals surface area contributed by atoms with Crippen molar-refractivity contribution in [1.82, 2.24) is 9.38 Å². The Bertz CT molecular complexity index is 1390. The minimum Gasteiger partial charge on any atom is -0.368 e. The Morgan fingerprint density at radius 1 is 1.21 bits per heavy atom. The zero-order valence-corrected chi connectivity index (χ0v) is 19.5. The van der Waals surface area contributed by atoms with Crippen LogP contribution in [0, 0.1) is 0 Å². The van der Waals surface area contributed by atoms with Crippen LogP contribution in [0.2, 0.25) is 5.02 Å². The van der Waals surface area contributed by atoms with Crippen LogP contribution in [0.1, 0.15) is 41.7 Å². The molecule has 0 bridgehead atoms. The molecule has 0 saturated heterocycles. The summed E-state index contributed by atoms with van der Waals surface area (Å²) in [5.74, 6) is -0.0472. The number of amides is 1. The molecule has 1 aliphatic rings. The van der Waals surface area contributed by atoms with Crippen molar-refractivity contribution in [2.75, 3.05) is 11.6 Å². The summed E-state index contributed by atoms with van der Waals surface area (Å²) in [7, 11) is -3.45. The summed E-state index contributed by atoms with van der Waals surface area (Å²) in [6.45, 7) is 0. The standard InChI is InChI=1S/C22H20ClF3N4O3S/c1-34(32,33)15-9-10-16(17(23)11-15)21(31)28-14-7-5-13(6-8-14)27-19-3-2-4-20-29-18(12-30(19)20)22(24,25)26/h2-4,9-13,27H,5-8H2,1H3. The van der Waals surface area contributed by atoms with E-state index in [-0.39, 0.29) is 27.2 Å². The van der Waals surface area contributed by atoms with Gasteiger partial charge in [-0.3, -0.25) is 9.20 Å². The number of benzene rings is 1. The van der Waals surface area contributed by atoms with E-state index in [2.05, 4.69) is 15.3 Å². The van der Waals surface area contributed by atoms with E-state index >= 15 is 0 Å². The van der Waals surface area contributed by atoms with Gasteiger partial charge in [0.05, 0.1) is 15.5 Å². The van der Waals surface area contributed by atoms with Crippen molar-refractivity contribution in [3.05, 3.63) is 58.9 Å². The fourth-order valence-electron chi connectivity index (χ4n) is 3.78. The number of aliphatic imine (C=N–C) groups is 1. The van der Waals surface area contributed by atoms with Gasteiger partial charge in [0.25, 0.3) is 5.91 Å². The zero-order chi connectivity index (χ0) is 24.7. The lowest BCUT2D eigenvalue weighted by atomic mass is 9.93. The van der Waals surface area contributed by atoms with E-state index in [0.717, 1.165) is 12.5 Å². The number of carbonyl (C=O) groups excluding carboxylic acids is 1. The molecule has 3 aromatic rings. The first kappa shape index (κ1) is 24.2. The Labute approximate surface area is 198 Å². The summed E-state index contributed by atoms with van der Waals surface area (Å²) >= 11 is 6.10. The minimum atomic E-state index is -4.53. The minimum absolute atomic E-state index is 0.0132. The summed E-state index contributed by atoms with van der Waals surface area (Å²) in [6, 6.07) is 8.70. The van der Waals surface area contributed by atoms with Gasteiger partial charge in [-0.2, -0.15) is 13.2 Å². The molecule has 1 saturated carbocycles. The van der Waals surface area contributed by atoms with Gasteiger partial charge in [0.2, 0.25) is 0 Å². The molecule has 0 spiro atoms. The highest BCUT2D eigenvalue weighted by atomic mass is 35.5. The van der Waals surface area contributed by atoms with Crippen LogP contribution in [-0.4, -0.2) is 41.7 Å². The molecule has 7 nitrogen and oxygen atoms in total. The Kier molecular flexibility index (Phi) is 6.43. The third-order valence-corrected chi connectivity index (χ3v) is 6.98. The molecule has 1 aliphatic carbocycles. The van der Waals surface area contributed by atoms with Crippen LogP contribution in [0.15, 0.2) is 52.5 Å². The third-order valence-electron chi connectivity index (χ3n) is 5.56. The molecule has 4 rings (SSSR count). The number of halogens is 4. The molecular weight excluding hydrogens is 493 g/mol. The molecule has 180 valence electrons. The maximum absolute atomic E-state index is 13.0. The zero-order valence-electron chi connectivity index (χ0n) is 17.9. The second-order valence-electron chi connectivity index (χ2n) is 8.08. The Hall–Kier alpha value is -2.92. The largest absolute Gasteiger partial charge is 0.434 e. The molecule has 1 N–H and O–H groups in total. The van der Waals surface area contributed by atoms with Crippen LogP contribution < -0.4 is 5.32 Å². The number of hydrogen-bond acceptors (Lipinski definition) is 5. The van der Waals surface area contributed by atoms with Gasteiger partial charge in [0, 0.05) is 24.2 Å². The van der Waals surface area contributed by atoms with Crippen LogP contribution in [-0.2, 0) is 16.0 Å². The second kappa shape index (κ2) is 9.03. The van der Waals surface area contributed by atoms with E-state index in [0.29, 0.717) is 37.2 Å². The summed E-state index contributed by atoms with van der Waals surface area (Å²) < 4.78 is 63.7. The fraction of sp³-hybridized carbons (Fsp3) is 0.318. The van der Waals surface area contributed by atoms with E-state index in [9.17, 15) is 26.4 Å². The van der Waals surface area contributed by atoms with E-state index < -0.39 is 27.6 Å². The topological polar surface area (TPSA) is 92.9 Å². The Morgan fingerprint density at radius 3 is 2.53 bits per heavy atom. The monoisotopic (exact) mass is 512 g/mol. The smallest absolute Gasteiger partial charge is 0.368 e. The highest BCUT2D eigenvalue weighted by molar-refractivity contribution is 7.90. The summed E-state index contributed by atoms with van der Waals surface area (Å²) in [6.07, 6.45) is -0.208. The number of nitrogens with one attached hydrogen (secondary N) is 1. The lowest BCUT2D eigenvalue weighted by Gasteiger charge is -2.25.